The zero-order chi connectivity index (χ0) is 19.2. The first-order valence-corrected chi connectivity index (χ1v) is 7.90. The van der Waals surface area contributed by atoms with E-state index in [1.165, 1.54) is 24.5 Å². The highest BCUT2D eigenvalue weighted by atomic mass is 19.4. The van der Waals surface area contributed by atoms with E-state index in [4.69, 9.17) is 0 Å². The summed E-state index contributed by atoms with van der Waals surface area (Å²) in [6.07, 6.45) is -2.07. The summed E-state index contributed by atoms with van der Waals surface area (Å²) in [7, 11) is 0. The highest BCUT2D eigenvalue weighted by molar-refractivity contribution is 6.19. The Labute approximate surface area is 150 Å². The number of fused-ring (bicyclic) bond motifs is 3. The van der Waals surface area contributed by atoms with Crippen molar-refractivity contribution in [2.45, 2.75) is 6.18 Å². The second-order valence-electron chi connectivity index (χ2n) is 5.91. The number of nitrogens with one attached hydrogen (secondary N) is 1. The number of pyridine rings is 1. The summed E-state index contributed by atoms with van der Waals surface area (Å²) < 4.78 is 39.0. The lowest BCUT2D eigenvalue weighted by Crippen LogP contribution is -2.47. The standard InChI is InChI=1S/C17H12F3N5O2/c18-17(19,20)10-1-2-12-13(6-10)23-16(25-4-3-22-14(12)25)24-15(27)9-5-11(26)8-21-7-9/h1-2,5-8,26H,3-4H2,(H,23,24,27). The Morgan fingerprint density at radius 2 is 2.04 bits per heavy atom. The molecule has 0 radical (unpaired) electrons. The van der Waals surface area contributed by atoms with E-state index < -0.39 is 17.6 Å². The minimum absolute atomic E-state index is 0.0751. The summed E-state index contributed by atoms with van der Waals surface area (Å²) >= 11 is 0. The zero-order valence-corrected chi connectivity index (χ0v) is 13.7. The van der Waals surface area contributed by atoms with Crippen LogP contribution in [0.2, 0.25) is 0 Å². The number of amidine groups is 1. The lowest BCUT2D eigenvalue weighted by molar-refractivity contribution is -0.137. The molecule has 1 amide bonds. The van der Waals surface area contributed by atoms with Crippen LogP contribution in [0.25, 0.3) is 0 Å². The molecular formula is C17H12F3N5O2. The van der Waals surface area contributed by atoms with E-state index in [2.05, 4.69) is 20.3 Å². The van der Waals surface area contributed by atoms with Crippen LogP contribution in [0.15, 0.2) is 46.6 Å². The molecule has 1 aromatic carbocycles. The quantitative estimate of drug-likeness (QED) is 0.800. The molecule has 0 fully saturated rings. The summed E-state index contributed by atoms with van der Waals surface area (Å²) in [5.41, 5.74) is -0.200. The minimum atomic E-state index is -4.50. The molecule has 1 aromatic heterocycles. The number of aromatic nitrogens is 1. The average molecular weight is 375 g/mol. The summed E-state index contributed by atoms with van der Waals surface area (Å²) in [6, 6.07) is 4.46. The van der Waals surface area contributed by atoms with Gasteiger partial charge in [-0.3, -0.25) is 25.0 Å². The van der Waals surface area contributed by atoms with Crippen molar-refractivity contribution in [3.63, 3.8) is 0 Å². The predicted molar refractivity (Wildman–Crippen MR) is 90.0 cm³/mol. The molecule has 10 heteroatoms. The van der Waals surface area contributed by atoms with Crippen molar-refractivity contribution in [2.75, 3.05) is 13.1 Å². The van der Waals surface area contributed by atoms with Gasteiger partial charge in [-0.1, -0.05) is 0 Å². The van der Waals surface area contributed by atoms with Crippen molar-refractivity contribution in [1.82, 2.24) is 15.2 Å². The van der Waals surface area contributed by atoms with Crippen molar-refractivity contribution in [3.05, 3.63) is 53.3 Å². The molecule has 7 nitrogen and oxygen atoms in total. The Balaban J connectivity index is 1.72. The van der Waals surface area contributed by atoms with Crippen LogP contribution < -0.4 is 5.32 Å². The van der Waals surface area contributed by atoms with E-state index in [1.807, 2.05) is 0 Å². The summed E-state index contributed by atoms with van der Waals surface area (Å²) in [4.78, 5) is 26.3. The summed E-state index contributed by atoms with van der Waals surface area (Å²) in [6.45, 7) is 0.867. The fraction of sp³-hybridized carbons (Fsp3) is 0.176. The molecule has 3 heterocycles. The average Bonchev–Trinajstić information content (AvgIpc) is 3.11. The number of benzene rings is 1. The Morgan fingerprint density at radius 1 is 1.22 bits per heavy atom. The predicted octanol–water partition coefficient (Wildman–Crippen LogP) is 2.30. The van der Waals surface area contributed by atoms with Gasteiger partial charge in [0.05, 0.1) is 29.6 Å². The fourth-order valence-corrected chi connectivity index (χ4v) is 2.87. The van der Waals surface area contributed by atoms with Gasteiger partial charge >= 0.3 is 6.18 Å². The molecule has 138 valence electrons. The normalized spacial score (nSPS) is 15.6. The number of hydrogen-bond acceptors (Lipinski definition) is 6. The number of halogens is 3. The second kappa shape index (κ2) is 6.08. The molecule has 0 saturated carbocycles. The highest BCUT2D eigenvalue weighted by Gasteiger charge is 2.35. The van der Waals surface area contributed by atoms with Gasteiger partial charge in [0.1, 0.15) is 11.6 Å². The van der Waals surface area contributed by atoms with Gasteiger partial charge < -0.3 is 5.11 Å². The first-order valence-electron chi connectivity index (χ1n) is 7.90. The van der Waals surface area contributed by atoms with Crippen molar-refractivity contribution >= 4 is 23.4 Å². The number of rotatable bonds is 1. The van der Waals surface area contributed by atoms with Crippen LogP contribution in [-0.2, 0) is 6.18 Å². The van der Waals surface area contributed by atoms with Crippen molar-refractivity contribution in [1.29, 1.82) is 0 Å². The first-order chi connectivity index (χ1) is 12.8. The molecule has 2 N–H and O–H groups in total. The largest absolute Gasteiger partial charge is 0.506 e. The van der Waals surface area contributed by atoms with E-state index in [-0.39, 0.29) is 23.0 Å². The number of hydrogen-bond donors (Lipinski definition) is 2. The number of nitrogens with zero attached hydrogens (tertiary/aromatic N) is 4. The molecule has 4 rings (SSSR count). The van der Waals surface area contributed by atoms with E-state index in [0.29, 0.717) is 24.5 Å². The van der Waals surface area contributed by atoms with Gasteiger partial charge in [0, 0.05) is 18.3 Å². The second-order valence-corrected chi connectivity index (χ2v) is 5.91. The third-order valence-electron chi connectivity index (χ3n) is 4.10. The fourth-order valence-electron chi connectivity index (χ4n) is 2.87. The lowest BCUT2D eigenvalue weighted by Gasteiger charge is -2.27. The lowest BCUT2D eigenvalue weighted by atomic mass is 10.1. The molecule has 0 bridgehead atoms. The molecule has 0 spiro atoms. The maximum absolute atomic E-state index is 13.0. The van der Waals surface area contributed by atoms with Crippen LogP contribution in [0.4, 0.5) is 18.9 Å². The molecule has 0 atom stereocenters. The number of amides is 1. The van der Waals surface area contributed by atoms with Crippen LogP contribution in [0.5, 0.6) is 5.75 Å². The number of aromatic hydroxyl groups is 1. The SMILES string of the molecule is O=C(NC1=Nc2cc(C(F)(F)F)ccc2C2=NCCN12)c1cncc(O)c1. The maximum Gasteiger partial charge on any atom is 0.416 e. The Morgan fingerprint density at radius 3 is 2.78 bits per heavy atom. The smallest absolute Gasteiger partial charge is 0.416 e. The Kier molecular flexibility index (Phi) is 3.83. The summed E-state index contributed by atoms with van der Waals surface area (Å²) in [5.74, 6) is -0.250. The first kappa shape index (κ1) is 17.0. The maximum atomic E-state index is 13.0. The van der Waals surface area contributed by atoms with Gasteiger partial charge in [-0.05, 0) is 24.3 Å². The van der Waals surface area contributed by atoms with Gasteiger partial charge in [0.2, 0.25) is 5.96 Å². The van der Waals surface area contributed by atoms with Gasteiger partial charge in [0.15, 0.2) is 0 Å². The number of guanidine groups is 1. The third kappa shape index (κ3) is 3.09. The topological polar surface area (TPSA) is 90.2 Å². The molecule has 2 aliphatic rings. The molecule has 2 aliphatic heterocycles. The van der Waals surface area contributed by atoms with Gasteiger partial charge in [0.25, 0.3) is 5.91 Å². The van der Waals surface area contributed by atoms with Crippen molar-refractivity contribution < 1.29 is 23.1 Å². The molecule has 27 heavy (non-hydrogen) atoms. The number of aliphatic imine (C=N–C) groups is 2. The zero-order valence-electron chi connectivity index (χ0n) is 13.7. The number of carbonyl (C=O) groups excluding carboxylic acids is 1. The highest BCUT2D eigenvalue weighted by Crippen LogP contribution is 2.36. The van der Waals surface area contributed by atoms with Crippen LogP contribution in [0.1, 0.15) is 21.5 Å². The van der Waals surface area contributed by atoms with Gasteiger partial charge in [-0.2, -0.15) is 13.2 Å². The minimum Gasteiger partial charge on any atom is -0.506 e. The monoisotopic (exact) mass is 375 g/mol. The van der Waals surface area contributed by atoms with E-state index in [0.717, 1.165) is 12.1 Å². The van der Waals surface area contributed by atoms with E-state index in [9.17, 15) is 23.1 Å². The molecule has 0 saturated heterocycles. The summed E-state index contributed by atoms with van der Waals surface area (Å²) in [5, 5.41) is 12.0. The number of carbonyl (C=O) groups is 1. The molecule has 0 aliphatic carbocycles. The third-order valence-corrected chi connectivity index (χ3v) is 4.10. The van der Waals surface area contributed by atoms with Crippen LogP contribution >= 0.6 is 0 Å². The number of alkyl halides is 3. The van der Waals surface area contributed by atoms with Gasteiger partial charge in [-0.25, -0.2) is 4.99 Å². The van der Waals surface area contributed by atoms with Crippen molar-refractivity contribution in [3.8, 4) is 5.75 Å². The Hall–Kier alpha value is -3.43. The Bertz CT molecular complexity index is 1000. The van der Waals surface area contributed by atoms with Crippen LogP contribution in [0.3, 0.4) is 0 Å². The molecular weight excluding hydrogens is 363 g/mol. The molecule has 0 unspecified atom stereocenters. The van der Waals surface area contributed by atoms with E-state index in [1.54, 1.807) is 4.90 Å². The van der Waals surface area contributed by atoms with Crippen LogP contribution in [0, 0.1) is 0 Å². The molecule has 2 aromatic rings. The van der Waals surface area contributed by atoms with Crippen LogP contribution in [-0.4, -0.2) is 45.8 Å². The van der Waals surface area contributed by atoms with E-state index >= 15 is 0 Å². The van der Waals surface area contributed by atoms with Crippen molar-refractivity contribution in [2.24, 2.45) is 9.98 Å². The van der Waals surface area contributed by atoms with Gasteiger partial charge in [-0.15, -0.1) is 0 Å².